The summed E-state index contributed by atoms with van der Waals surface area (Å²) in [5.41, 5.74) is 13.2. The first-order valence-electron chi connectivity index (χ1n) is 21.0. The van der Waals surface area contributed by atoms with E-state index in [-0.39, 0.29) is 0 Å². The van der Waals surface area contributed by atoms with E-state index in [9.17, 15) is 0 Å². The van der Waals surface area contributed by atoms with Gasteiger partial charge in [0, 0.05) is 17.1 Å². The van der Waals surface area contributed by atoms with Gasteiger partial charge in [-0.05, 0) is 124 Å². The molecule has 0 fully saturated rings. The summed E-state index contributed by atoms with van der Waals surface area (Å²) in [6.45, 7) is 0. The Balaban J connectivity index is 0.950. The third-order valence-corrected chi connectivity index (χ3v) is 12.1. The summed E-state index contributed by atoms with van der Waals surface area (Å²) < 4.78 is 0. The van der Waals surface area contributed by atoms with E-state index in [1.807, 2.05) is 0 Å². The molecule has 0 aliphatic rings. The highest BCUT2D eigenvalue weighted by Gasteiger charge is 2.18. The van der Waals surface area contributed by atoms with E-state index in [0.29, 0.717) is 0 Å². The van der Waals surface area contributed by atoms with Gasteiger partial charge in [0.1, 0.15) is 0 Å². The van der Waals surface area contributed by atoms with Crippen molar-refractivity contribution in [1.29, 1.82) is 0 Å². The maximum Gasteiger partial charge on any atom is 0.0462 e. The van der Waals surface area contributed by atoms with E-state index >= 15 is 0 Å². The van der Waals surface area contributed by atoms with Crippen LogP contribution in [0.5, 0.6) is 0 Å². The molecule has 0 N–H and O–H groups in total. The van der Waals surface area contributed by atoms with Crippen LogP contribution in [0.2, 0.25) is 0 Å². The fourth-order valence-corrected chi connectivity index (χ4v) is 9.24. The molecule has 286 valence electrons. The molecule has 0 saturated carbocycles. The lowest BCUT2D eigenvalue weighted by molar-refractivity contribution is 1.28. The predicted octanol–water partition coefficient (Wildman–Crippen LogP) is 16.9. The first-order chi connectivity index (χ1) is 30.3. The maximum absolute atomic E-state index is 2.31. The number of anilines is 3. The van der Waals surface area contributed by atoms with Crippen molar-refractivity contribution in [3.63, 3.8) is 0 Å². The van der Waals surface area contributed by atoms with Crippen molar-refractivity contribution < 1.29 is 0 Å². The van der Waals surface area contributed by atoms with Crippen LogP contribution < -0.4 is 4.90 Å². The van der Waals surface area contributed by atoms with E-state index in [4.69, 9.17) is 0 Å². The lowest BCUT2D eigenvalue weighted by Gasteiger charge is -2.25. The second-order valence-corrected chi connectivity index (χ2v) is 15.6. The molecule has 11 aromatic carbocycles. The second-order valence-electron chi connectivity index (χ2n) is 15.6. The zero-order valence-electron chi connectivity index (χ0n) is 33.6. The van der Waals surface area contributed by atoms with Crippen molar-refractivity contribution in [3.8, 4) is 33.4 Å². The van der Waals surface area contributed by atoms with Crippen molar-refractivity contribution in [2.75, 3.05) is 4.90 Å². The molecule has 0 radical (unpaired) electrons. The second kappa shape index (κ2) is 15.6. The van der Waals surface area contributed by atoms with Gasteiger partial charge >= 0.3 is 0 Å². The van der Waals surface area contributed by atoms with Crippen LogP contribution in [0.4, 0.5) is 17.1 Å². The average Bonchev–Trinajstić information content (AvgIpc) is 3.33. The van der Waals surface area contributed by atoms with Crippen molar-refractivity contribution in [1.82, 2.24) is 0 Å². The highest BCUT2D eigenvalue weighted by Crippen LogP contribution is 2.45. The minimum Gasteiger partial charge on any atom is -0.311 e. The number of hydrogen-bond acceptors (Lipinski definition) is 1. The molecule has 11 rings (SSSR count). The minimum atomic E-state index is 1.12. The Kier molecular flexibility index (Phi) is 9.26. The highest BCUT2D eigenvalue weighted by molar-refractivity contribution is 6.21. The third kappa shape index (κ3) is 6.63. The Morgan fingerprint density at radius 2 is 0.689 bits per heavy atom. The van der Waals surface area contributed by atoms with Gasteiger partial charge in [-0.1, -0.05) is 212 Å². The van der Waals surface area contributed by atoms with Gasteiger partial charge in [-0.25, -0.2) is 0 Å². The third-order valence-electron chi connectivity index (χ3n) is 12.1. The van der Waals surface area contributed by atoms with E-state index in [1.165, 1.54) is 82.0 Å². The summed E-state index contributed by atoms with van der Waals surface area (Å²) in [5.74, 6) is 0. The molecule has 61 heavy (non-hydrogen) atoms. The van der Waals surface area contributed by atoms with Crippen LogP contribution in [-0.2, 0) is 0 Å². The van der Waals surface area contributed by atoms with Gasteiger partial charge < -0.3 is 4.90 Å². The Morgan fingerprint density at radius 1 is 0.262 bits per heavy atom. The van der Waals surface area contributed by atoms with E-state index < -0.39 is 0 Å². The number of rotatable bonds is 8. The fourth-order valence-electron chi connectivity index (χ4n) is 9.24. The quantitative estimate of drug-likeness (QED) is 0.110. The zero-order valence-corrected chi connectivity index (χ0v) is 33.6. The van der Waals surface area contributed by atoms with Gasteiger partial charge in [0.25, 0.3) is 0 Å². The van der Waals surface area contributed by atoms with Crippen molar-refractivity contribution >= 4 is 72.3 Å². The van der Waals surface area contributed by atoms with Crippen molar-refractivity contribution in [2.24, 2.45) is 0 Å². The summed E-state index contributed by atoms with van der Waals surface area (Å²) in [7, 11) is 0. The number of para-hydroxylation sites is 2. The number of benzene rings is 11. The van der Waals surface area contributed by atoms with Crippen LogP contribution in [-0.4, -0.2) is 0 Å². The van der Waals surface area contributed by atoms with Crippen LogP contribution in [0.25, 0.3) is 88.6 Å². The molecule has 0 saturated heterocycles. The van der Waals surface area contributed by atoms with Gasteiger partial charge in [-0.2, -0.15) is 0 Å². The lowest BCUT2D eigenvalue weighted by Crippen LogP contribution is -2.09. The van der Waals surface area contributed by atoms with Crippen molar-refractivity contribution in [3.05, 3.63) is 248 Å². The lowest BCUT2D eigenvalue weighted by atomic mass is 9.86. The molecule has 0 atom stereocenters. The SMILES string of the molecule is C(=C\c1ccc(-c2cccc3ccccc23)c2ccccc12)/c1ccc(-c2c3ccccc3c(-c3ccc(N(c4ccccc4)c4ccccc4)cc3)c3ccccc23)cc1. The summed E-state index contributed by atoms with van der Waals surface area (Å²) in [5, 5.41) is 10.0. The van der Waals surface area contributed by atoms with E-state index in [2.05, 4.69) is 254 Å². The number of fused-ring (bicyclic) bond motifs is 4. The van der Waals surface area contributed by atoms with E-state index in [0.717, 1.165) is 22.6 Å². The largest absolute Gasteiger partial charge is 0.311 e. The molecular formula is C60H41N. The van der Waals surface area contributed by atoms with Gasteiger partial charge in [-0.3, -0.25) is 0 Å². The maximum atomic E-state index is 2.31. The number of hydrogen-bond donors (Lipinski definition) is 0. The summed E-state index contributed by atoms with van der Waals surface area (Å²) in [6, 6.07) is 85.6. The van der Waals surface area contributed by atoms with E-state index in [1.54, 1.807) is 0 Å². The predicted molar refractivity (Wildman–Crippen MR) is 263 cm³/mol. The Hall–Kier alpha value is -8.00. The first kappa shape index (κ1) is 36.1. The monoisotopic (exact) mass is 775 g/mol. The molecule has 0 unspecified atom stereocenters. The smallest absolute Gasteiger partial charge is 0.0462 e. The Bertz CT molecular complexity index is 3280. The first-order valence-corrected chi connectivity index (χ1v) is 21.0. The van der Waals surface area contributed by atoms with Crippen LogP contribution in [0.15, 0.2) is 237 Å². The molecule has 11 aromatic rings. The normalized spacial score (nSPS) is 11.5. The van der Waals surface area contributed by atoms with Crippen LogP contribution in [0, 0.1) is 0 Å². The van der Waals surface area contributed by atoms with Crippen LogP contribution in [0.1, 0.15) is 11.1 Å². The van der Waals surface area contributed by atoms with Gasteiger partial charge in [0.05, 0.1) is 0 Å². The van der Waals surface area contributed by atoms with Gasteiger partial charge in [0.2, 0.25) is 0 Å². The molecule has 0 aliphatic heterocycles. The molecule has 1 heteroatoms. The highest BCUT2D eigenvalue weighted by atomic mass is 15.1. The fraction of sp³-hybridized carbons (Fsp3) is 0. The molecule has 0 aliphatic carbocycles. The molecule has 0 heterocycles. The minimum absolute atomic E-state index is 1.12. The molecule has 0 aromatic heterocycles. The zero-order chi connectivity index (χ0) is 40.5. The molecule has 0 bridgehead atoms. The summed E-state index contributed by atoms with van der Waals surface area (Å²) in [6.07, 6.45) is 4.50. The topological polar surface area (TPSA) is 3.24 Å². The summed E-state index contributed by atoms with van der Waals surface area (Å²) in [4.78, 5) is 2.31. The van der Waals surface area contributed by atoms with Crippen LogP contribution in [0.3, 0.4) is 0 Å². The van der Waals surface area contributed by atoms with Crippen molar-refractivity contribution in [2.45, 2.75) is 0 Å². The molecule has 1 nitrogen and oxygen atoms in total. The molecular weight excluding hydrogens is 735 g/mol. The average molecular weight is 776 g/mol. The van der Waals surface area contributed by atoms with Gasteiger partial charge in [0.15, 0.2) is 0 Å². The Labute approximate surface area is 356 Å². The number of nitrogens with zero attached hydrogens (tertiary/aromatic N) is 1. The molecule has 0 amide bonds. The summed E-state index contributed by atoms with van der Waals surface area (Å²) >= 11 is 0. The molecule has 0 spiro atoms. The van der Waals surface area contributed by atoms with Crippen LogP contribution >= 0.6 is 0 Å². The standard InChI is InChI=1S/C60H41N/c1-3-18-47(19-4-1)61(48-20-5-2-6-21-48)49-39-36-46(37-40-49)60-57-27-13-11-25-55(57)59(56-26-12-14-28-58(56)60)45-34-31-42(32-35-45)30-33-44-38-41-54(52-24-10-9-23-51(44)52)53-29-15-17-43-16-7-8-22-50(43)53/h1-41H/b33-30+. The Morgan fingerprint density at radius 3 is 1.26 bits per heavy atom. The van der Waals surface area contributed by atoms with Gasteiger partial charge in [-0.15, -0.1) is 0 Å².